The van der Waals surface area contributed by atoms with Crippen LogP contribution in [-0.2, 0) is 14.8 Å². The molecule has 6 nitrogen and oxygen atoms in total. The van der Waals surface area contributed by atoms with Crippen LogP contribution in [0.2, 0.25) is 0 Å². The molecule has 1 atom stereocenters. The Morgan fingerprint density at radius 2 is 2.00 bits per heavy atom. The Morgan fingerprint density at radius 3 is 2.52 bits per heavy atom. The van der Waals surface area contributed by atoms with Gasteiger partial charge in [0.05, 0.1) is 23.2 Å². The van der Waals surface area contributed by atoms with Crippen molar-refractivity contribution in [2.75, 3.05) is 22.8 Å². The molecule has 3 N–H and O–H groups in total. The number of anilines is 2. The van der Waals surface area contributed by atoms with Gasteiger partial charge in [-0.2, -0.15) is 0 Å². The van der Waals surface area contributed by atoms with E-state index in [1.165, 1.54) is 0 Å². The highest BCUT2D eigenvalue weighted by atomic mass is 32.2. The normalized spacial score (nSPS) is 22.0. The number of sulfonamides is 1. The Hall–Kier alpha value is -1.60. The summed E-state index contributed by atoms with van der Waals surface area (Å²) in [5.74, 6) is -0.120. The Labute approximate surface area is 125 Å². The van der Waals surface area contributed by atoms with Crippen molar-refractivity contribution in [3.63, 3.8) is 0 Å². The highest BCUT2D eigenvalue weighted by molar-refractivity contribution is 7.92. The number of carbonyl (C=O) groups is 1. The molecule has 1 heterocycles. The zero-order valence-corrected chi connectivity index (χ0v) is 13.1. The Balaban J connectivity index is 2.21. The number of rotatable bonds is 5. The van der Waals surface area contributed by atoms with Gasteiger partial charge < -0.3 is 10.6 Å². The molecule has 1 amide bonds. The quantitative estimate of drug-likeness (QED) is 0.769. The highest BCUT2D eigenvalue weighted by Crippen LogP contribution is 2.27. The molecule has 0 saturated carbocycles. The van der Waals surface area contributed by atoms with E-state index in [9.17, 15) is 13.2 Å². The van der Waals surface area contributed by atoms with Crippen LogP contribution in [-0.4, -0.2) is 32.7 Å². The first-order valence-electron chi connectivity index (χ1n) is 6.99. The number of nitrogens with one attached hydrogen (secondary N) is 3. The smallest absolute Gasteiger partial charge is 0.244 e. The van der Waals surface area contributed by atoms with E-state index in [0.717, 1.165) is 25.6 Å². The van der Waals surface area contributed by atoms with E-state index in [0.29, 0.717) is 17.8 Å². The predicted molar refractivity (Wildman–Crippen MR) is 83.8 cm³/mol. The van der Waals surface area contributed by atoms with Gasteiger partial charge in [-0.05, 0) is 37.9 Å². The Kier molecular flexibility index (Phi) is 4.53. The monoisotopic (exact) mass is 311 g/mol. The minimum atomic E-state index is -3.39. The van der Waals surface area contributed by atoms with Crippen LogP contribution in [0.5, 0.6) is 0 Å². The Morgan fingerprint density at radius 1 is 1.33 bits per heavy atom. The molecule has 0 aromatic heterocycles. The van der Waals surface area contributed by atoms with Gasteiger partial charge in [0, 0.05) is 0 Å². The zero-order chi connectivity index (χ0) is 15.5. The minimum absolute atomic E-state index is 0.120. The fraction of sp³-hybridized carbons (Fsp3) is 0.500. The number of carbonyl (C=O) groups excluding carboxylic acids is 1. The van der Waals surface area contributed by atoms with Crippen LogP contribution in [0.1, 0.15) is 26.2 Å². The first kappa shape index (κ1) is 15.8. The van der Waals surface area contributed by atoms with E-state index in [1.54, 1.807) is 24.3 Å². The maximum absolute atomic E-state index is 12.5. The number of amides is 1. The average Bonchev–Trinajstić information content (AvgIpc) is 2.89. The first-order chi connectivity index (χ1) is 9.86. The summed E-state index contributed by atoms with van der Waals surface area (Å²) in [6.07, 6.45) is 3.53. The van der Waals surface area contributed by atoms with Crippen molar-refractivity contribution in [3.05, 3.63) is 24.3 Å². The molecule has 116 valence electrons. The van der Waals surface area contributed by atoms with Crippen LogP contribution in [0.4, 0.5) is 11.4 Å². The summed E-state index contributed by atoms with van der Waals surface area (Å²) in [6.45, 7) is 2.79. The van der Waals surface area contributed by atoms with Gasteiger partial charge in [0.25, 0.3) is 0 Å². The number of hydrogen-bond donors (Lipinski definition) is 3. The van der Waals surface area contributed by atoms with E-state index in [1.807, 2.05) is 6.92 Å². The molecule has 1 aromatic carbocycles. The van der Waals surface area contributed by atoms with Gasteiger partial charge in [-0.15, -0.1) is 0 Å². The lowest BCUT2D eigenvalue weighted by Gasteiger charge is -2.27. The van der Waals surface area contributed by atoms with Gasteiger partial charge in [0.15, 0.2) is 0 Å². The highest BCUT2D eigenvalue weighted by Gasteiger charge is 2.39. The fourth-order valence-electron chi connectivity index (χ4n) is 2.59. The first-order valence-corrected chi connectivity index (χ1v) is 8.89. The molecule has 1 aliphatic rings. The summed E-state index contributed by atoms with van der Waals surface area (Å²) in [6, 6.07) is 6.78. The molecule has 1 aromatic rings. The maximum Gasteiger partial charge on any atom is 0.244 e. The Bertz CT molecular complexity index is 622. The van der Waals surface area contributed by atoms with E-state index in [2.05, 4.69) is 15.4 Å². The largest absolute Gasteiger partial charge is 0.323 e. The molecular weight excluding hydrogens is 290 g/mol. The van der Waals surface area contributed by atoms with E-state index < -0.39 is 15.6 Å². The lowest BCUT2D eigenvalue weighted by Crippen LogP contribution is -2.50. The van der Waals surface area contributed by atoms with E-state index in [-0.39, 0.29) is 5.91 Å². The third-order valence-electron chi connectivity index (χ3n) is 3.75. The molecule has 0 radical (unpaired) electrons. The minimum Gasteiger partial charge on any atom is -0.323 e. The van der Waals surface area contributed by atoms with Crippen molar-refractivity contribution >= 4 is 27.3 Å². The third kappa shape index (κ3) is 3.74. The van der Waals surface area contributed by atoms with Crippen molar-refractivity contribution in [3.8, 4) is 0 Å². The van der Waals surface area contributed by atoms with Gasteiger partial charge in [-0.3, -0.25) is 9.52 Å². The van der Waals surface area contributed by atoms with Crippen LogP contribution < -0.4 is 15.4 Å². The lowest BCUT2D eigenvalue weighted by atomic mass is 9.93. The molecule has 2 rings (SSSR count). The van der Waals surface area contributed by atoms with E-state index >= 15 is 0 Å². The lowest BCUT2D eigenvalue weighted by molar-refractivity contribution is -0.122. The van der Waals surface area contributed by atoms with Crippen LogP contribution in [0.3, 0.4) is 0 Å². The van der Waals surface area contributed by atoms with Gasteiger partial charge in [-0.25, -0.2) is 8.42 Å². The molecule has 1 aliphatic heterocycles. The standard InChI is InChI=1S/C14H21N3O3S/c1-3-14(9-6-10-15-14)13(18)16-11-7-4-5-8-12(11)17-21(2,19)20/h4-5,7-8,15,17H,3,6,9-10H2,1-2H3,(H,16,18). The molecule has 1 unspecified atom stereocenters. The molecule has 7 heteroatoms. The zero-order valence-electron chi connectivity index (χ0n) is 12.3. The van der Waals surface area contributed by atoms with Crippen LogP contribution in [0.25, 0.3) is 0 Å². The number of benzene rings is 1. The van der Waals surface area contributed by atoms with Crippen molar-refractivity contribution in [2.45, 2.75) is 31.7 Å². The molecule has 0 bridgehead atoms. The summed E-state index contributed by atoms with van der Waals surface area (Å²) in [5.41, 5.74) is 0.283. The SMILES string of the molecule is CCC1(C(=O)Nc2ccccc2NS(C)(=O)=O)CCCN1. The van der Waals surface area contributed by atoms with Crippen LogP contribution >= 0.6 is 0 Å². The molecular formula is C14H21N3O3S. The summed E-state index contributed by atoms with van der Waals surface area (Å²) in [5, 5.41) is 6.10. The second kappa shape index (κ2) is 6.03. The van der Waals surface area contributed by atoms with Crippen molar-refractivity contribution in [1.29, 1.82) is 0 Å². The second-order valence-corrected chi connectivity index (χ2v) is 7.09. The van der Waals surface area contributed by atoms with Crippen molar-refractivity contribution in [2.24, 2.45) is 0 Å². The number of para-hydroxylation sites is 2. The topological polar surface area (TPSA) is 87.3 Å². The van der Waals surface area contributed by atoms with Crippen molar-refractivity contribution in [1.82, 2.24) is 5.32 Å². The summed E-state index contributed by atoms with van der Waals surface area (Å²) in [7, 11) is -3.39. The van der Waals surface area contributed by atoms with Gasteiger partial charge in [0.1, 0.15) is 0 Å². The summed E-state index contributed by atoms with van der Waals surface area (Å²) >= 11 is 0. The fourth-order valence-corrected chi connectivity index (χ4v) is 3.16. The molecule has 0 aliphatic carbocycles. The second-order valence-electron chi connectivity index (χ2n) is 5.34. The third-order valence-corrected chi connectivity index (χ3v) is 4.34. The van der Waals surface area contributed by atoms with Crippen molar-refractivity contribution < 1.29 is 13.2 Å². The van der Waals surface area contributed by atoms with E-state index in [4.69, 9.17) is 0 Å². The molecule has 1 saturated heterocycles. The van der Waals surface area contributed by atoms with Crippen LogP contribution in [0, 0.1) is 0 Å². The van der Waals surface area contributed by atoms with Gasteiger partial charge in [-0.1, -0.05) is 19.1 Å². The maximum atomic E-state index is 12.5. The molecule has 21 heavy (non-hydrogen) atoms. The molecule has 0 spiro atoms. The summed E-state index contributed by atoms with van der Waals surface area (Å²) in [4.78, 5) is 12.5. The number of hydrogen-bond acceptors (Lipinski definition) is 4. The predicted octanol–water partition coefficient (Wildman–Crippen LogP) is 1.53. The summed E-state index contributed by atoms with van der Waals surface area (Å²) < 4.78 is 25.2. The van der Waals surface area contributed by atoms with Gasteiger partial charge >= 0.3 is 0 Å². The van der Waals surface area contributed by atoms with Crippen LogP contribution in [0.15, 0.2) is 24.3 Å². The average molecular weight is 311 g/mol. The molecule has 1 fully saturated rings. The van der Waals surface area contributed by atoms with Gasteiger partial charge in [0.2, 0.25) is 15.9 Å².